The molecule has 1 aromatic carbocycles. The number of ether oxygens (including phenoxy) is 3. The highest BCUT2D eigenvalue weighted by Gasteiger charge is 2.40. The van der Waals surface area contributed by atoms with Crippen LogP contribution in [0.4, 0.5) is 0 Å². The van der Waals surface area contributed by atoms with Crippen LogP contribution in [0.2, 0.25) is 0 Å². The van der Waals surface area contributed by atoms with E-state index in [0.717, 1.165) is 5.56 Å². The molecule has 1 atom stereocenters. The van der Waals surface area contributed by atoms with E-state index in [1.807, 2.05) is 30.3 Å². The molecule has 1 heterocycles. The van der Waals surface area contributed by atoms with Gasteiger partial charge in [0.05, 0.1) is 12.2 Å². The summed E-state index contributed by atoms with van der Waals surface area (Å²) >= 11 is 0. The summed E-state index contributed by atoms with van der Waals surface area (Å²) in [5, 5.41) is 0. The molecule has 0 aromatic heterocycles. The van der Waals surface area contributed by atoms with Crippen molar-refractivity contribution in [2.24, 2.45) is 0 Å². The standard InChI is InChI=1S/C16H18O5/c1-12(17)20-10-6-9-16(19-2)11-14(15(18)21-16)13-7-4-3-5-8-13/h3-5,7-8,11H,6,9-10H2,1-2H3. The molecule has 1 aromatic rings. The first kappa shape index (κ1) is 15.3. The lowest BCUT2D eigenvalue weighted by atomic mass is 10.0. The maximum atomic E-state index is 12.0. The van der Waals surface area contributed by atoms with E-state index >= 15 is 0 Å². The van der Waals surface area contributed by atoms with E-state index in [-0.39, 0.29) is 12.6 Å². The molecule has 1 aliphatic heterocycles. The fourth-order valence-corrected chi connectivity index (χ4v) is 2.20. The summed E-state index contributed by atoms with van der Waals surface area (Å²) in [6, 6.07) is 9.29. The zero-order valence-electron chi connectivity index (χ0n) is 12.1. The van der Waals surface area contributed by atoms with E-state index in [9.17, 15) is 9.59 Å². The van der Waals surface area contributed by atoms with Gasteiger partial charge in [-0.1, -0.05) is 30.3 Å². The van der Waals surface area contributed by atoms with Crippen molar-refractivity contribution >= 4 is 17.5 Å². The Balaban J connectivity index is 2.08. The van der Waals surface area contributed by atoms with Gasteiger partial charge in [0, 0.05) is 26.5 Å². The van der Waals surface area contributed by atoms with Crippen LogP contribution in [0.1, 0.15) is 25.3 Å². The van der Waals surface area contributed by atoms with E-state index in [4.69, 9.17) is 14.2 Å². The van der Waals surface area contributed by atoms with Crippen molar-refractivity contribution in [3.63, 3.8) is 0 Å². The Kier molecular flexibility index (Phi) is 4.75. The molecule has 0 fully saturated rings. The topological polar surface area (TPSA) is 61.8 Å². The molecule has 112 valence electrons. The molecule has 0 aliphatic carbocycles. The first-order valence-corrected chi connectivity index (χ1v) is 6.76. The Hall–Kier alpha value is -2.14. The molecule has 0 bridgehead atoms. The lowest BCUT2D eigenvalue weighted by molar-refractivity contribution is -0.191. The largest absolute Gasteiger partial charge is 0.466 e. The van der Waals surface area contributed by atoms with E-state index in [2.05, 4.69) is 0 Å². The van der Waals surface area contributed by atoms with Crippen molar-refractivity contribution in [2.45, 2.75) is 25.6 Å². The molecule has 1 aliphatic rings. The zero-order chi connectivity index (χ0) is 15.3. The zero-order valence-corrected chi connectivity index (χ0v) is 12.1. The molecular weight excluding hydrogens is 272 g/mol. The summed E-state index contributed by atoms with van der Waals surface area (Å²) in [6.45, 7) is 1.63. The second kappa shape index (κ2) is 6.54. The van der Waals surface area contributed by atoms with Gasteiger partial charge in [0.25, 0.3) is 0 Å². The maximum absolute atomic E-state index is 12.0. The van der Waals surface area contributed by atoms with Crippen molar-refractivity contribution < 1.29 is 23.8 Å². The number of cyclic esters (lactones) is 1. The van der Waals surface area contributed by atoms with Crippen molar-refractivity contribution in [2.75, 3.05) is 13.7 Å². The fourth-order valence-electron chi connectivity index (χ4n) is 2.20. The number of rotatable bonds is 6. The quantitative estimate of drug-likeness (QED) is 0.594. The van der Waals surface area contributed by atoms with Crippen LogP contribution in [0, 0.1) is 0 Å². The van der Waals surface area contributed by atoms with Crippen molar-refractivity contribution in [3.8, 4) is 0 Å². The Bertz CT molecular complexity index is 549. The van der Waals surface area contributed by atoms with Gasteiger partial charge < -0.3 is 14.2 Å². The van der Waals surface area contributed by atoms with Gasteiger partial charge in [-0.2, -0.15) is 0 Å². The molecule has 0 saturated carbocycles. The normalized spacial score (nSPS) is 20.9. The molecule has 0 spiro atoms. The highest BCUT2D eigenvalue weighted by molar-refractivity contribution is 6.18. The fraction of sp³-hybridized carbons (Fsp3) is 0.375. The van der Waals surface area contributed by atoms with E-state index in [1.165, 1.54) is 14.0 Å². The van der Waals surface area contributed by atoms with Crippen LogP contribution in [0.3, 0.4) is 0 Å². The summed E-state index contributed by atoms with van der Waals surface area (Å²) in [5.74, 6) is -1.82. The average Bonchev–Trinajstić information content (AvgIpc) is 2.82. The molecule has 0 saturated heterocycles. The minimum absolute atomic E-state index is 0.270. The number of carbonyl (C=O) groups excluding carboxylic acids is 2. The Morgan fingerprint density at radius 1 is 1.29 bits per heavy atom. The molecular formula is C16H18O5. The Morgan fingerprint density at radius 3 is 2.62 bits per heavy atom. The van der Waals surface area contributed by atoms with Crippen LogP contribution < -0.4 is 0 Å². The number of benzene rings is 1. The number of carbonyl (C=O) groups is 2. The monoisotopic (exact) mass is 290 g/mol. The van der Waals surface area contributed by atoms with Crippen LogP contribution >= 0.6 is 0 Å². The highest BCUT2D eigenvalue weighted by atomic mass is 16.7. The summed E-state index contributed by atoms with van der Waals surface area (Å²) in [5.41, 5.74) is 1.28. The SMILES string of the molecule is COC1(CCCOC(C)=O)C=C(c2ccccc2)C(=O)O1. The van der Waals surface area contributed by atoms with Crippen LogP contribution in [0.15, 0.2) is 36.4 Å². The van der Waals surface area contributed by atoms with Gasteiger partial charge in [-0.05, 0) is 12.0 Å². The van der Waals surface area contributed by atoms with Gasteiger partial charge in [-0.15, -0.1) is 0 Å². The number of hydrogen-bond acceptors (Lipinski definition) is 5. The predicted octanol–water partition coefficient (Wildman–Crippen LogP) is 2.31. The molecule has 0 amide bonds. The second-order valence-electron chi connectivity index (χ2n) is 4.77. The van der Waals surface area contributed by atoms with Crippen LogP contribution in [0.25, 0.3) is 5.57 Å². The first-order valence-electron chi connectivity index (χ1n) is 6.76. The van der Waals surface area contributed by atoms with E-state index in [0.29, 0.717) is 18.4 Å². The number of hydrogen-bond donors (Lipinski definition) is 0. The Labute approximate surface area is 123 Å². The second-order valence-corrected chi connectivity index (χ2v) is 4.77. The smallest absolute Gasteiger partial charge is 0.341 e. The van der Waals surface area contributed by atoms with Crippen molar-refractivity contribution in [3.05, 3.63) is 42.0 Å². The van der Waals surface area contributed by atoms with Crippen molar-refractivity contribution in [1.82, 2.24) is 0 Å². The molecule has 5 nitrogen and oxygen atoms in total. The molecule has 2 rings (SSSR count). The van der Waals surface area contributed by atoms with Crippen LogP contribution in [-0.4, -0.2) is 31.4 Å². The average molecular weight is 290 g/mol. The minimum Gasteiger partial charge on any atom is -0.466 e. The lowest BCUT2D eigenvalue weighted by Gasteiger charge is -2.24. The molecule has 5 heteroatoms. The van der Waals surface area contributed by atoms with Gasteiger partial charge in [-0.25, -0.2) is 4.79 Å². The van der Waals surface area contributed by atoms with E-state index < -0.39 is 11.8 Å². The molecule has 0 N–H and O–H groups in total. The van der Waals surface area contributed by atoms with E-state index in [1.54, 1.807) is 6.08 Å². The predicted molar refractivity (Wildman–Crippen MR) is 76.1 cm³/mol. The third-order valence-electron chi connectivity index (χ3n) is 3.25. The van der Waals surface area contributed by atoms with Gasteiger partial charge in [0.2, 0.25) is 5.79 Å². The molecule has 21 heavy (non-hydrogen) atoms. The van der Waals surface area contributed by atoms with Crippen molar-refractivity contribution in [1.29, 1.82) is 0 Å². The van der Waals surface area contributed by atoms with Gasteiger partial charge in [0.15, 0.2) is 0 Å². The summed E-state index contributed by atoms with van der Waals surface area (Å²) in [4.78, 5) is 22.8. The molecule has 0 radical (unpaired) electrons. The number of methoxy groups -OCH3 is 1. The lowest BCUT2D eigenvalue weighted by Crippen LogP contribution is -2.31. The summed E-state index contributed by atoms with van der Waals surface area (Å²) in [7, 11) is 1.49. The van der Waals surface area contributed by atoms with Crippen LogP contribution in [-0.2, 0) is 23.8 Å². The summed E-state index contributed by atoms with van der Waals surface area (Å²) in [6.07, 6.45) is 2.66. The maximum Gasteiger partial charge on any atom is 0.341 e. The van der Waals surface area contributed by atoms with Crippen LogP contribution in [0.5, 0.6) is 0 Å². The van der Waals surface area contributed by atoms with Gasteiger partial charge in [-0.3, -0.25) is 4.79 Å². The summed E-state index contributed by atoms with van der Waals surface area (Å²) < 4.78 is 15.6. The minimum atomic E-state index is -1.08. The third kappa shape index (κ3) is 3.70. The third-order valence-corrected chi connectivity index (χ3v) is 3.25. The molecule has 1 unspecified atom stereocenters. The number of esters is 2. The van der Waals surface area contributed by atoms with Gasteiger partial charge in [0.1, 0.15) is 0 Å². The first-order chi connectivity index (χ1) is 10.1. The van der Waals surface area contributed by atoms with Gasteiger partial charge >= 0.3 is 11.9 Å². The highest BCUT2D eigenvalue weighted by Crippen LogP contribution is 2.34. The Morgan fingerprint density at radius 2 is 2.00 bits per heavy atom.